The van der Waals surface area contributed by atoms with Gasteiger partial charge in [-0.3, -0.25) is 9.69 Å². The summed E-state index contributed by atoms with van der Waals surface area (Å²) < 4.78 is 4.87. The largest absolute Gasteiger partial charge is 0.455 e. The van der Waals surface area contributed by atoms with Crippen LogP contribution in [0.4, 0.5) is 0 Å². The van der Waals surface area contributed by atoms with Gasteiger partial charge in [0, 0.05) is 20.0 Å². The zero-order valence-electron chi connectivity index (χ0n) is 11.6. The van der Waals surface area contributed by atoms with Gasteiger partial charge in [-0.05, 0) is 12.6 Å². The Morgan fingerprint density at radius 2 is 1.95 bits per heavy atom. The van der Waals surface area contributed by atoms with Crippen LogP contribution in [0.3, 0.4) is 0 Å². The van der Waals surface area contributed by atoms with Crippen molar-refractivity contribution in [2.45, 2.75) is 13.5 Å². The Hall–Kier alpha value is -2.30. The quantitative estimate of drug-likeness (QED) is 0.243. The molecule has 0 N–H and O–H groups in total. The van der Waals surface area contributed by atoms with Crippen LogP contribution in [0.2, 0.25) is 0 Å². The van der Waals surface area contributed by atoms with Gasteiger partial charge < -0.3 is 10.3 Å². The van der Waals surface area contributed by atoms with E-state index in [-0.39, 0.29) is 6.61 Å². The van der Waals surface area contributed by atoms with Crippen molar-refractivity contribution in [1.29, 1.82) is 0 Å². The van der Waals surface area contributed by atoms with Gasteiger partial charge in [0.05, 0.1) is 0 Å². The molecule has 0 aliphatic carbocycles. The molecule has 0 aliphatic rings. The van der Waals surface area contributed by atoms with E-state index in [2.05, 4.69) is 4.79 Å². The summed E-state index contributed by atoms with van der Waals surface area (Å²) in [5.74, 6) is -1.54. The Labute approximate surface area is 117 Å². The number of carbonyl (C=O) groups is 2. The zero-order chi connectivity index (χ0) is 15.0. The number of rotatable bonds is 7. The van der Waals surface area contributed by atoms with Crippen molar-refractivity contribution in [3.8, 4) is 0 Å². The van der Waals surface area contributed by atoms with E-state index in [0.29, 0.717) is 6.54 Å². The van der Waals surface area contributed by atoms with E-state index in [1.54, 1.807) is 0 Å². The Morgan fingerprint density at radius 1 is 1.30 bits per heavy atom. The molecular weight excluding hydrogens is 258 g/mol. The molecule has 0 aromatic heterocycles. The first kappa shape index (κ1) is 15.8. The molecule has 20 heavy (non-hydrogen) atoms. The van der Waals surface area contributed by atoms with E-state index in [1.165, 1.54) is 0 Å². The molecule has 1 aromatic rings. The lowest BCUT2D eigenvalue weighted by Crippen LogP contribution is -2.29. The third kappa shape index (κ3) is 5.14. The van der Waals surface area contributed by atoms with Crippen LogP contribution in [0.1, 0.15) is 12.5 Å². The molecule has 0 atom stereocenters. The van der Waals surface area contributed by atoms with Crippen LogP contribution < -0.4 is 0 Å². The normalized spacial score (nSPS) is 9.95. The average Bonchev–Trinajstić information content (AvgIpc) is 2.40. The van der Waals surface area contributed by atoms with Gasteiger partial charge in [-0.15, -0.1) is 0 Å². The fourth-order valence-corrected chi connectivity index (χ4v) is 1.59. The number of likely N-dealkylation sites (N-methyl/N-ethyl adjacent to an activating group) is 1. The van der Waals surface area contributed by atoms with Crippen LogP contribution in [0, 0.1) is 0 Å². The highest BCUT2D eigenvalue weighted by atomic mass is 16.5. The molecule has 6 heteroatoms. The van der Waals surface area contributed by atoms with Gasteiger partial charge in [-0.2, -0.15) is 4.79 Å². The van der Waals surface area contributed by atoms with Crippen LogP contribution in [0.5, 0.6) is 0 Å². The zero-order valence-corrected chi connectivity index (χ0v) is 11.6. The Morgan fingerprint density at radius 3 is 2.50 bits per heavy atom. The molecule has 0 radical (unpaired) electrons. The molecule has 0 saturated carbocycles. The summed E-state index contributed by atoms with van der Waals surface area (Å²) in [6.07, 6.45) is 0. The molecule has 1 aromatic carbocycles. The smallest absolute Gasteiger partial charge is 0.441 e. The molecule has 0 amide bonds. The Bertz CT molecular complexity index is 522. The highest BCUT2D eigenvalue weighted by Gasteiger charge is 2.27. The average molecular weight is 275 g/mol. The van der Waals surface area contributed by atoms with Crippen molar-refractivity contribution in [3.63, 3.8) is 0 Å². The minimum Gasteiger partial charge on any atom is -0.455 e. The van der Waals surface area contributed by atoms with Crippen LogP contribution in [0.25, 0.3) is 5.53 Å². The number of carbonyl (C=O) groups excluding carboxylic acids is 2. The van der Waals surface area contributed by atoms with Gasteiger partial charge >= 0.3 is 11.7 Å². The summed E-state index contributed by atoms with van der Waals surface area (Å²) in [4.78, 5) is 27.0. The molecule has 0 spiro atoms. The highest BCUT2D eigenvalue weighted by Crippen LogP contribution is 2.02. The van der Waals surface area contributed by atoms with Crippen molar-refractivity contribution in [1.82, 2.24) is 4.90 Å². The molecular formula is C14H17N3O3. The molecule has 0 fully saturated rings. The number of benzene rings is 1. The van der Waals surface area contributed by atoms with Crippen molar-refractivity contribution in [2.75, 3.05) is 20.2 Å². The standard InChI is InChI=1S/C14H17N3O3/c1-11(18)13(16-15)14(19)20-9-8-17(2)10-12-6-4-3-5-7-12/h3-7H,8-10H2,1-2H3. The maximum Gasteiger partial charge on any atom is 0.441 e. The van der Waals surface area contributed by atoms with Gasteiger partial charge in [-0.1, -0.05) is 30.3 Å². The van der Waals surface area contributed by atoms with Crippen molar-refractivity contribution in [2.24, 2.45) is 0 Å². The fourth-order valence-electron chi connectivity index (χ4n) is 1.59. The van der Waals surface area contributed by atoms with Crippen molar-refractivity contribution in [3.05, 3.63) is 41.4 Å². The van der Waals surface area contributed by atoms with Crippen molar-refractivity contribution < 1.29 is 19.1 Å². The van der Waals surface area contributed by atoms with Gasteiger partial charge in [0.25, 0.3) is 0 Å². The molecule has 0 unspecified atom stereocenters. The third-order valence-electron chi connectivity index (χ3n) is 2.63. The summed E-state index contributed by atoms with van der Waals surface area (Å²) in [7, 11) is 1.90. The number of nitrogens with zero attached hydrogens (tertiary/aromatic N) is 3. The summed E-state index contributed by atoms with van der Waals surface area (Å²) >= 11 is 0. The van der Waals surface area contributed by atoms with E-state index in [4.69, 9.17) is 10.3 Å². The van der Waals surface area contributed by atoms with Gasteiger partial charge in [0.2, 0.25) is 5.78 Å². The Kier molecular flexibility index (Phi) is 6.29. The lowest BCUT2D eigenvalue weighted by atomic mass is 10.2. The maximum absolute atomic E-state index is 11.4. The van der Waals surface area contributed by atoms with Gasteiger partial charge in [-0.25, -0.2) is 4.79 Å². The highest BCUT2D eigenvalue weighted by molar-refractivity contribution is 6.61. The lowest BCUT2D eigenvalue weighted by molar-refractivity contribution is -0.142. The number of ether oxygens (including phenoxy) is 1. The lowest BCUT2D eigenvalue weighted by Gasteiger charge is -2.16. The van der Waals surface area contributed by atoms with E-state index in [1.807, 2.05) is 42.3 Å². The van der Waals surface area contributed by atoms with E-state index < -0.39 is 17.5 Å². The predicted molar refractivity (Wildman–Crippen MR) is 73.0 cm³/mol. The predicted octanol–water partition coefficient (Wildman–Crippen LogP) is 0.921. The summed E-state index contributed by atoms with van der Waals surface area (Å²) in [5.41, 5.74) is 9.09. The maximum atomic E-state index is 11.4. The van der Waals surface area contributed by atoms with E-state index in [0.717, 1.165) is 19.0 Å². The molecule has 0 saturated heterocycles. The topological polar surface area (TPSA) is 83.0 Å². The first-order valence-electron chi connectivity index (χ1n) is 6.17. The van der Waals surface area contributed by atoms with Gasteiger partial charge in [0.1, 0.15) is 6.61 Å². The number of hydrogen-bond acceptors (Lipinski definition) is 4. The SMILES string of the molecule is CC(=O)C(=[N+]=[N-])C(=O)OCCN(C)Cc1ccccc1. The fraction of sp³-hybridized carbons (Fsp3) is 0.357. The van der Waals surface area contributed by atoms with Crippen LogP contribution >= 0.6 is 0 Å². The first-order chi connectivity index (χ1) is 9.54. The summed E-state index contributed by atoms with van der Waals surface area (Å²) in [6, 6.07) is 9.88. The number of ketones is 1. The molecule has 0 aliphatic heterocycles. The van der Waals surface area contributed by atoms with Gasteiger partial charge in [0.15, 0.2) is 0 Å². The Balaban J connectivity index is 2.35. The monoisotopic (exact) mass is 275 g/mol. The van der Waals surface area contributed by atoms with E-state index >= 15 is 0 Å². The second-order valence-corrected chi connectivity index (χ2v) is 4.36. The molecule has 0 bridgehead atoms. The second kappa shape index (κ2) is 7.99. The second-order valence-electron chi connectivity index (χ2n) is 4.36. The first-order valence-corrected chi connectivity index (χ1v) is 6.17. The molecule has 0 heterocycles. The van der Waals surface area contributed by atoms with Crippen molar-refractivity contribution >= 4 is 17.5 Å². The summed E-state index contributed by atoms with van der Waals surface area (Å²) in [6.45, 7) is 2.50. The number of hydrogen-bond donors (Lipinski definition) is 0. The van der Waals surface area contributed by atoms with E-state index in [9.17, 15) is 9.59 Å². The minimum absolute atomic E-state index is 0.120. The molecule has 6 nitrogen and oxygen atoms in total. The third-order valence-corrected chi connectivity index (χ3v) is 2.63. The number of Topliss-reactive ketones (excluding diaryl/α,β-unsaturated/α-hetero) is 1. The van der Waals surface area contributed by atoms with Crippen LogP contribution in [-0.4, -0.2) is 47.4 Å². The van der Waals surface area contributed by atoms with Crippen LogP contribution in [-0.2, 0) is 20.9 Å². The summed E-state index contributed by atoms with van der Waals surface area (Å²) in [5, 5.41) is 0. The molecule has 1 rings (SSSR count). The minimum atomic E-state index is -0.909. The number of esters is 1. The molecule has 106 valence electrons. The van der Waals surface area contributed by atoms with Crippen LogP contribution in [0.15, 0.2) is 30.3 Å².